The molecule has 0 aromatic carbocycles. The molecule has 0 spiro atoms. The topological polar surface area (TPSA) is 0 Å². The Balaban J connectivity index is 0. The predicted octanol–water partition coefficient (Wildman–Crippen LogP) is -0.166. The van der Waals surface area contributed by atoms with Gasteiger partial charge in [-0.2, -0.15) is 0 Å². The van der Waals surface area contributed by atoms with E-state index in [2.05, 4.69) is 0 Å². The van der Waals surface area contributed by atoms with Crippen molar-refractivity contribution in [1.82, 2.24) is 0 Å². The first kappa shape index (κ1) is 41.5. The molecule has 0 heterocycles. The van der Waals surface area contributed by atoms with Gasteiger partial charge in [-0.3, -0.25) is 0 Å². The van der Waals surface area contributed by atoms with Gasteiger partial charge in [-0.25, -0.2) is 0 Å². The summed E-state index contributed by atoms with van der Waals surface area (Å²) in [4.78, 5) is 0. The van der Waals surface area contributed by atoms with Gasteiger partial charge in [0.25, 0.3) is 0 Å². The Labute approximate surface area is 170 Å². The minimum Gasteiger partial charge on any atom is -1.00 e. The third kappa shape index (κ3) is 22.6. The maximum atomic E-state index is 0. The summed E-state index contributed by atoms with van der Waals surface area (Å²) in [5.74, 6) is 0. The van der Waals surface area contributed by atoms with E-state index in [0.717, 1.165) is 0 Å². The summed E-state index contributed by atoms with van der Waals surface area (Å²) in [7, 11) is 0. The zero-order chi connectivity index (χ0) is 0. The molecule has 21 valence electrons. The van der Waals surface area contributed by atoms with E-state index in [1.165, 1.54) is 0 Å². The maximum Gasteiger partial charge on any atom is 2.00 e. The molecule has 0 aliphatic heterocycles. The van der Waals surface area contributed by atoms with Crippen LogP contribution >= 0.6 is 0 Å². The average Bonchev–Trinajstić information content (AvgIpc) is 0. The van der Waals surface area contributed by atoms with Gasteiger partial charge in [-0.05, 0) is 0 Å². The van der Waals surface area contributed by atoms with Gasteiger partial charge in [0.15, 0.2) is 0 Å². The molecular formula is H2BaNbNdTiZn2. The fourth-order valence-electron chi connectivity index (χ4n) is 0. The molecule has 0 rings (SSSR count). The molecule has 0 N–H and O–H groups in total. The molecule has 0 fully saturated rings. The molecule has 0 saturated heterocycles. The van der Waals surface area contributed by atoms with E-state index in [9.17, 15) is 0 Å². The van der Waals surface area contributed by atoms with Crippen molar-refractivity contribution in [2.24, 2.45) is 0 Å². The normalized spacial score (nSPS) is 0. The molecular weight excluding hydrogens is 553 g/mol. The fraction of sp³-hybridized carbons (Fsp3) is 0. The van der Waals surface area contributed by atoms with E-state index in [1.807, 2.05) is 0 Å². The first-order valence-electron chi connectivity index (χ1n) is 0. The van der Waals surface area contributed by atoms with E-state index in [0.29, 0.717) is 0 Å². The average molecular weight is 555 g/mol. The van der Waals surface area contributed by atoms with Crippen molar-refractivity contribution in [2.45, 2.75) is 0 Å². The Morgan fingerprint density at radius 2 is 1.00 bits per heavy atom. The third-order valence-electron chi connectivity index (χ3n) is 0. The van der Waals surface area contributed by atoms with Crippen molar-refractivity contribution >= 4 is 48.9 Å². The Hall–Kier alpha value is 5.62. The summed E-state index contributed by atoms with van der Waals surface area (Å²) in [5, 5.41) is 0. The quantitative estimate of drug-likeness (QED) is 0.365. The second-order valence-electron chi connectivity index (χ2n) is 0. The van der Waals surface area contributed by atoms with E-state index in [-0.39, 0.29) is 176 Å². The monoisotopic (exact) mass is 551 g/mol. The van der Waals surface area contributed by atoms with Gasteiger partial charge in [0.2, 0.25) is 0 Å². The number of hydrogen-bond donors (Lipinski definition) is 0. The summed E-state index contributed by atoms with van der Waals surface area (Å²) in [6, 6.07) is 0. The number of hydrogen-bond acceptors (Lipinski definition) is 0. The summed E-state index contributed by atoms with van der Waals surface area (Å²) >= 11 is 0. The van der Waals surface area contributed by atoms with Gasteiger partial charge in [-0.1, -0.05) is 0 Å². The van der Waals surface area contributed by atoms with Crippen LogP contribution in [-0.4, -0.2) is 48.9 Å². The van der Waals surface area contributed by atoms with Crippen molar-refractivity contribution in [3.8, 4) is 0 Å². The van der Waals surface area contributed by atoms with Crippen LogP contribution in [0.15, 0.2) is 0 Å². The molecule has 6 heteroatoms. The first-order chi connectivity index (χ1) is 0. The summed E-state index contributed by atoms with van der Waals surface area (Å²) in [6.45, 7) is 0. The number of rotatable bonds is 0. The van der Waals surface area contributed by atoms with E-state index < -0.39 is 0 Å². The van der Waals surface area contributed by atoms with Gasteiger partial charge >= 0.3 is 48.9 Å². The van der Waals surface area contributed by atoms with Gasteiger partial charge < -0.3 is 2.85 Å². The zero-order valence-corrected chi connectivity index (χ0v) is 20.9. The van der Waals surface area contributed by atoms with Gasteiger partial charge in [0.1, 0.15) is 0 Å². The summed E-state index contributed by atoms with van der Waals surface area (Å²) < 4.78 is 0. The molecule has 0 bridgehead atoms. The largest absolute Gasteiger partial charge is 2.00 e. The van der Waals surface area contributed by atoms with Crippen molar-refractivity contribution in [2.75, 3.05) is 0 Å². The Morgan fingerprint density at radius 3 is 1.00 bits per heavy atom. The van der Waals surface area contributed by atoms with Crippen molar-refractivity contribution in [3.05, 3.63) is 0 Å². The van der Waals surface area contributed by atoms with Gasteiger partial charge in [0, 0.05) is 124 Å². The molecule has 0 aromatic rings. The van der Waals surface area contributed by atoms with Gasteiger partial charge in [0.05, 0.1) is 0 Å². The Morgan fingerprint density at radius 1 is 1.00 bits per heavy atom. The summed E-state index contributed by atoms with van der Waals surface area (Å²) in [5.41, 5.74) is 0. The Bertz CT molecular complexity index is 20.0. The minimum atomic E-state index is 0. The van der Waals surface area contributed by atoms with E-state index in [4.69, 9.17) is 0 Å². The molecule has 6 heavy (non-hydrogen) atoms. The molecule has 0 atom stereocenters. The molecule has 0 aromatic heterocycles. The van der Waals surface area contributed by atoms with Crippen LogP contribution in [0.1, 0.15) is 2.85 Å². The first-order valence-corrected chi connectivity index (χ1v) is 0. The smallest absolute Gasteiger partial charge is 1.00 e. The second-order valence-corrected chi connectivity index (χ2v) is 0. The maximum absolute atomic E-state index is 0. The molecule has 0 amide bonds. The predicted molar refractivity (Wildman–Crippen MR) is 7.98 cm³/mol. The van der Waals surface area contributed by atoms with Crippen LogP contribution in [0.4, 0.5) is 0 Å². The molecule has 1 radical (unpaired) electrons. The standard InChI is InChI=1S/Ba.Nb.Nd.Ti.2Zn.2H/q+2;;;;;;2*-1. The third-order valence-corrected chi connectivity index (χ3v) is 0. The molecule has 0 nitrogen and oxygen atoms in total. The van der Waals surface area contributed by atoms with E-state index >= 15 is 0 Å². The van der Waals surface area contributed by atoms with Crippen LogP contribution in [0.25, 0.3) is 0 Å². The molecule has 0 aliphatic rings. The van der Waals surface area contributed by atoms with Crippen LogP contribution < -0.4 is 0 Å². The van der Waals surface area contributed by atoms with Crippen LogP contribution in [0.5, 0.6) is 0 Å². The van der Waals surface area contributed by atoms with Crippen molar-refractivity contribution in [3.63, 3.8) is 0 Å². The summed E-state index contributed by atoms with van der Waals surface area (Å²) in [6.07, 6.45) is 0. The van der Waals surface area contributed by atoms with Crippen LogP contribution in [0.3, 0.4) is 0 Å². The molecule has 0 unspecified atom stereocenters. The Kier molecular flexibility index (Phi) is 215. The molecule has 0 aliphatic carbocycles. The van der Waals surface area contributed by atoms with Crippen molar-refractivity contribution < 1.29 is 127 Å². The van der Waals surface area contributed by atoms with Crippen LogP contribution in [0, 0.1) is 40.8 Å². The zero-order valence-electron chi connectivity index (χ0n) is 5.57. The fourth-order valence-corrected chi connectivity index (χ4v) is 0. The van der Waals surface area contributed by atoms with Crippen LogP contribution in [-0.2, 0) is 83.1 Å². The van der Waals surface area contributed by atoms with Crippen LogP contribution in [0.2, 0.25) is 0 Å². The van der Waals surface area contributed by atoms with E-state index in [1.54, 1.807) is 0 Å². The minimum absolute atomic E-state index is 0. The van der Waals surface area contributed by atoms with Crippen molar-refractivity contribution in [1.29, 1.82) is 0 Å². The SMILES string of the molecule is [Ba+2].[H-].[H-].[Nb].[Nd].[Ti].[Zn].[Zn]. The molecule has 0 saturated carbocycles. The van der Waals surface area contributed by atoms with Gasteiger partial charge in [-0.15, -0.1) is 0 Å². The second kappa shape index (κ2) is 31.1.